The molecule has 0 unspecified atom stereocenters. The van der Waals surface area contributed by atoms with E-state index in [0.717, 1.165) is 11.4 Å². The third kappa shape index (κ3) is 4.72. The van der Waals surface area contributed by atoms with Gasteiger partial charge in [-0.25, -0.2) is 13.1 Å². The highest BCUT2D eigenvalue weighted by atomic mass is 35.5. The minimum atomic E-state index is -3.42. The fraction of sp³-hybridized carbons (Fsp3) is 0.444. The van der Waals surface area contributed by atoms with Crippen molar-refractivity contribution in [3.05, 3.63) is 46.7 Å². The molecule has 3 rings (SSSR count). The number of aromatic nitrogens is 2. The second-order valence-electron chi connectivity index (χ2n) is 6.33. The number of nitrogens with one attached hydrogen (secondary N) is 1. The fourth-order valence-corrected chi connectivity index (χ4v) is 4.58. The van der Waals surface area contributed by atoms with Crippen LogP contribution in [-0.2, 0) is 21.2 Å². The van der Waals surface area contributed by atoms with Gasteiger partial charge in [-0.05, 0) is 24.6 Å². The Hall–Kier alpha value is -1.94. The third-order valence-electron chi connectivity index (χ3n) is 4.51. The number of nitrogens with zero attached hydrogens (tertiary/aromatic N) is 3. The van der Waals surface area contributed by atoms with E-state index in [2.05, 4.69) is 10.4 Å². The lowest BCUT2D eigenvalue weighted by Crippen LogP contribution is -2.43. The molecule has 152 valence electrons. The molecule has 0 bridgehead atoms. The van der Waals surface area contributed by atoms with Crippen molar-refractivity contribution in [1.29, 1.82) is 0 Å². The Labute approximate surface area is 169 Å². The van der Waals surface area contributed by atoms with E-state index in [1.54, 1.807) is 16.8 Å². The molecular weight excluding hydrogens is 404 g/mol. The number of halogens is 1. The van der Waals surface area contributed by atoms with Gasteiger partial charge in [-0.3, -0.25) is 4.79 Å². The normalized spacial score (nSPS) is 15.5. The molecule has 8 nitrogen and oxygen atoms in total. The highest BCUT2D eigenvalue weighted by Crippen LogP contribution is 2.19. The first kappa shape index (κ1) is 20.8. The molecule has 0 spiro atoms. The molecule has 1 fully saturated rings. The molecule has 1 aliphatic heterocycles. The number of hydrogen-bond acceptors (Lipinski definition) is 5. The van der Waals surface area contributed by atoms with E-state index >= 15 is 0 Å². The number of hydrogen-bond donors (Lipinski definition) is 1. The van der Waals surface area contributed by atoms with E-state index in [9.17, 15) is 13.2 Å². The number of ether oxygens (including phenoxy) is 1. The number of carbonyl (C=O) groups is 1. The summed E-state index contributed by atoms with van der Waals surface area (Å²) in [4.78, 5) is 12.6. The monoisotopic (exact) mass is 426 g/mol. The fourth-order valence-electron chi connectivity index (χ4n) is 3.08. The second kappa shape index (κ2) is 9.04. The molecule has 0 atom stereocenters. The van der Waals surface area contributed by atoms with Crippen molar-refractivity contribution < 1.29 is 17.9 Å². The summed E-state index contributed by atoms with van der Waals surface area (Å²) < 4.78 is 32.9. The predicted octanol–water partition coefficient (Wildman–Crippen LogP) is 1.48. The second-order valence-corrected chi connectivity index (χ2v) is 8.86. The lowest BCUT2D eigenvalue weighted by molar-refractivity contribution is 0.0730. The number of carbonyl (C=O) groups excluding carboxylic acids is 1. The summed E-state index contributed by atoms with van der Waals surface area (Å²) in [6, 6.07) is 7.21. The van der Waals surface area contributed by atoms with E-state index < -0.39 is 10.0 Å². The summed E-state index contributed by atoms with van der Waals surface area (Å²) in [6.45, 7) is 3.45. The number of morpholine rings is 1. The zero-order chi connectivity index (χ0) is 20.1. The van der Waals surface area contributed by atoms with Crippen LogP contribution in [0.25, 0.3) is 5.69 Å². The van der Waals surface area contributed by atoms with E-state index in [4.69, 9.17) is 16.3 Å². The van der Waals surface area contributed by atoms with E-state index in [1.807, 2.05) is 19.1 Å². The van der Waals surface area contributed by atoms with Gasteiger partial charge in [-0.15, -0.1) is 0 Å². The highest BCUT2D eigenvalue weighted by Gasteiger charge is 2.24. The van der Waals surface area contributed by atoms with Gasteiger partial charge in [0.05, 0.1) is 42.1 Å². The van der Waals surface area contributed by atoms with Crippen LogP contribution in [0.2, 0.25) is 5.02 Å². The van der Waals surface area contributed by atoms with Crippen LogP contribution in [0.4, 0.5) is 0 Å². The molecule has 2 aromatic rings. The number of amides is 1. The van der Waals surface area contributed by atoms with Crippen molar-refractivity contribution in [1.82, 2.24) is 19.4 Å². The molecule has 0 aliphatic carbocycles. The molecule has 0 saturated carbocycles. The van der Waals surface area contributed by atoms with E-state index in [1.165, 1.54) is 10.5 Å². The Morgan fingerprint density at radius 3 is 2.75 bits per heavy atom. The maximum absolute atomic E-state index is 12.6. The van der Waals surface area contributed by atoms with Crippen LogP contribution in [-0.4, -0.2) is 67.0 Å². The predicted molar refractivity (Wildman–Crippen MR) is 106 cm³/mol. The number of sulfonamides is 1. The Morgan fingerprint density at radius 2 is 2.07 bits per heavy atom. The molecule has 1 N–H and O–H groups in total. The smallest absolute Gasteiger partial charge is 0.254 e. The zero-order valence-electron chi connectivity index (χ0n) is 15.6. The van der Waals surface area contributed by atoms with Crippen LogP contribution in [0.15, 0.2) is 30.5 Å². The minimum absolute atomic E-state index is 0.0318. The van der Waals surface area contributed by atoms with Gasteiger partial charge in [-0.2, -0.15) is 9.40 Å². The van der Waals surface area contributed by atoms with Crippen molar-refractivity contribution >= 4 is 27.5 Å². The average Bonchev–Trinajstić information content (AvgIpc) is 3.12. The molecule has 0 radical (unpaired) electrons. The van der Waals surface area contributed by atoms with Crippen molar-refractivity contribution in [2.45, 2.75) is 13.3 Å². The van der Waals surface area contributed by atoms with Crippen molar-refractivity contribution in [3.8, 4) is 5.69 Å². The SMILES string of the molecule is CCc1c(C(=O)NCCS(=O)(=O)N2CCOCC2)cnn1-c1cccc(Cl)c1. The largest absolute Gasteiger partial charge is 0.379 e. The van der Waals surface area contributed by atoms with Crippen LogP contribution in [0.3, 0.4) is 0 Å². The number of rotatable bonds is 7. The molecule has 10 heteroatoms. The van der Waals surface area contributed by atoms with Crippen LogP contribution in [0.5, 0.6) is 0 Å². The van der Waals surface area contributed by atoms with Gasteiger partial charge in [0.15, 0.2) is 0 Å². The van der Waals surface area contributed by atoms with Gasteiger partial charge in [0.1, 0.15) is 0 Å². The van der Waals surface area contributed by atoms with Crippen molar-refractivity contribution in [2.24, 2.45) is 0 Å². The first-order valence-corrected chi connectivity index (χ1v) is 11.1. The first-order chi connectivity index (χ1) is 13.4. The highest BCUT2D eigenvalue weighted by molar-refractivity contribution is 7.89. The van der Waals surface area contributed by atoms with Crippen LogP contribution in [0.1, 0.15) is 23.0 Å². The van der Waals surface area contributed by atoms with Crippen molar-refractivity contribution in [3.63, 3.8) is 0 Å². The van der Waals surface area contributed by atoms with Crippen LogP contribution >= 0.6 is 11.6 Å². The Kier molecular flexibility index (Phi) is 6.71. The summed E-state index contributed by atoms with van der Waals surface area (Å²) in [5.41, 5.74) is 1.92. The van der Waals surface area contributed by atoms with Gasteiger partial charge in [0.2, 0.25) is 10.0 Å². The van der Waals surface area contributed by atoms with Gasteiger partial charge in [0.25, 0.3) is 5.91 Å². The lowest BCUT2D eigenvalue weighted by atomic mass is 10.2. The van der Waals surface area contributed by atoms with E-state index in [-0.39, 0.29) is 18.2 Å². The summed E-state index contributed by atoms with van der Waals surface area (Å²) in [5.74, 6) is -0.495. The van der Waals surface area contributed by atoms with E-state index in [0.29, 0.717) is 43.3 Å². The minimum Gasteiger partial charge on any atom is -0.379 e. The van der Waals surface area contributed by atoms with Crippen LogP contribution in [0, 0.1) is 0 Å². The summed E-state index contributed by atoms with van der Waals surface area (Å²) in [5, 5.41) is 7.57. The summed E-state index contributed by atoms with van der Waals surface area (Å²) >= 11 is 6.05. The summed E-state index contributed by atoms with van der Waals surface area (Å²) in [7, 11) is -3.42. The molecule has 2 heterocycles. The van der Waals surface area contributed by atoms with Gasteiger partial charge < -0.3 is 10.1 Å². The van der Waals surface area contributed by atoms with Gasteiger partial charge in [0, 0.05) is 24.7 Å². The quantitative estimate of drug-likeness (QED) is 0.723. The maximum Gasteiger partial charge on any atom is 0.254 e. The topological polar surface area (TPSA) is 93.5 Å². The molecular formula is C18H23ClN4O4S. The molecule has 1 aromatic heterocycles. The molecule has 28 heavy (non-hydrogen) atoms. The van der Waals surface area contributed by atoms with Crippen molar-refractivity contribution in [2.75, 3.05) is 38.6 Å². The Balaban J connectivity index is 1.66. The summed E-state index contributed by atoms with van der Waals surface area (Å²) in [6.07, 6.45) is 2.08. The third-order valence-corrected chi connectivity index (χ3v) is 6.62. The Bertz CT molecular complexity index is 939. The average molecular weight is 427 g/mol. The first-order valence-electron chi connectivity index (χ1n) is 9.09. The van der Waals surface area contributed by atoms with Gasteiger partial charge in [-0.1, -0.05) is 24.6 Å². The van der Waals surface area contributed by atoms with Crippen LogP contribution < -0.4 is 5.32 Å². The zero-order valence-corrected chi connectivity index (χ0v) is 17.2. The maximum atomic E-state index is 12.6. The standard InChI is InChI=1S/C18H23ClN4O4S/c1-2-17-16(13-21-23(17)15-5-3-4-14(19)12-15)18(24)20-6-11-28(25,26)22-7-9-27-10-8-22/h3-5,12-13H,2,6-11H2,1H3,(H,20,24). The molecule has 1 aromatic carbocycles. The lowest BCUT2D eigenvalue weighted by Gasteiger charge is -2.26. The van der Waals surface area contributed by atoms with Gasteiger partial charge >= 0.3 is 0 Å². The Morgan fingerprint density at radius 1 is 1.32 bits per heavy atom. The number of benzene rings is 1. The molecule has 1 saturated heterocycles. The molecule has 1 aliphatic rings. The molecule has 1 amide bonds.